The first-order chi connectivity index (χ1) is 21.5. The maximum atomic E-state index is 8.59. The number of hydrogen-bond acceptors (Lipinski definition) is 1. The predicted octanol–water partition coefficient (Wildman–Crippen LogP) is 9.86. The molecule has 0 saturated heterocycles. The Morgan fingerprint density at radius 2 is 1.50 bits per heavy atom. The maximum absolute atomic E-state index is 8.59. The molecule has 208 valence electrons. The van der Waals surface area contributed by atoms with Crippen molar-refractivity contribution >= 4 is 21.9 Å². The van der Waals surface area contributed by atoms with Gasteiger partial charge in [-0.2, -0.15) is 0 Å². The first-order valence-corrected chi connectivity index (χ1v) is 15.2. The minimum absolute atomic E-state index is 0.0453. The van der Waals surface area contributed by atoms with Crippen LogP contribution in [0.3, 0.4) is 0 Å². The van der Waals surface area contributed by atoms with Gasteiger partial charge >= 0.3 is 0 Å². The minimum atomic E-state index is -2.28. The number of aromatic nitrogens is 1. The Kier molecular flexibility index (Phi) is 4.76. The van der Waals surface area contributed by atoms with E-state index in [1.54, 1.807) is 0 Å². The zero-order valence-electron chi connectivity index (χ0n) is 27.8. The molecule has 6 aromatic rings. The van der Waals surface area contributed by atoms with Gasteiger partial charge in [-0.05, 0) is 77.7 Å². The van der Waals surface area contributed by atoms with E-state index in [9.17, 15) is 0 Å². The third kappa shape index (κ3) is 3.41. The average molecular weight is 552 g/mol. The lowest BCUT2D eigenvalue weighted by molar-refractivity contribution is -0.660. The molecule has 2 heterocycles. The highest BCUT2D eigenvalue weighted by atomic mass is 16.3. The van der Waals surface area contributed by atoms with E-state index in [0.717, 1.165) is 62.7 Å². The summed E-state index contributed by atoms with van der Waals surface area (Å²) in [7, 11) is 1.94. The van der Waals surface area contributed by atoms with Crippen molar-refractivity contribution in [1.29, 1.82) is 0 Å². The predicted molar refractivity (Wildman–Crippen MR) is 173 cm³/mol. The maximum Gasteiger partial charge on any atom is 0.216 e. The summed E-state index contributed by atoms with van der Waals surface area (Å²) < 4.78 is 34.2. The molecule has 0 unspecified atom stereocenters. The molecule has 1 fully saturated rings. The lowest BCUT2D eigenvalue weighted by atomic mass is 9.57. The van der Waals surface area contributed by atoms with Crippen molar-refractivity contribution in [2.24, 2.45) is 7.05 Å². The molecule has 0 bridgehead atoms. The lowest BCUT2D eigenvalue weighted by Crippen LogP contribution is -2.38. The summed E-state index contributed by atoms with van der Waals surface area (Å²) >= 11 is 0. The number of aryl methyl sites for hydroxylation is 3. The molecule has 2 nitrogen and oxygen atoms in total. The van der Waals surface area contributed by atoms with Gasteiger partial charge in [0.05, 0.1) is 5.56 Å². The zero-order valence-corrected chi connectivity index (χ0v) is 24.8. The summed E-state index contributed by atoms with van der Waals surface area (Å²) in [5, 5.41) is 2.14. The summed E-state index contributed by atoms with van der Waals surface area (Å²) in [6.07, 6.45) is 6.44. The molecule has 8 rings (SSSR count). The largest absolute Gasteiger partial charge is 0.455 e. The molecule has 0 N–H and O–H groups in total. The van der Waals surface area contributed by atoms with Gasteiger partial charge in [0.25, 0.3) is 0 Å². The third-order valence-electron chi connectivity index (χ3n) is 10.4. The van der Waals surface area contributed by atoms with Gasteiger partial charge in [-0.3, -0.25) is 0 Å². The van der Waals surface area contributed by atoms with E-state index in [4.69, 9.17) is 8.53 Å². The van der Waals surface area contributed by atoms with Gasteiger partial charge in [-0.25, -0.2) is 4.57 Å². The Morgan fingerprint density at radius 1 is 0.762 bits per heavy atom. The van der Waals surface area contributed by atoms with Crippen LogP contribution in [0.5, 0.6) is 0 Å². The molecule has 1 saturated carbocycles. The lowest BCUT2D eigenvalue weighted by Gasteiger charge is -2.46. The Bertz CT molecular complexity index is 2160. The molecule has 4 aromatic carbocycles. The van der Waals surface area contributed by atoms with Crippen molar-refractivity contribution in [3.05, 3.63) is 125 Å². The minimum Gasteiger partial charge on any atom is -0.455 e. The molecule has 0 radical (unpaired) electrons. The normalized spacial score (nSPS) is 18.0. The van der Waals surface area contributed by atoms with Crippen LogP contribution in [0, 0.1) is 13.8 Å². The SMILES string of the molecule is [2H]C([2H])([2H])c1c[n+](C)c(-c2c(C)ccc3c2oc2ccccc23)cc1-c1ccc2c(c1)C1(CCCC1)c1ccccc1C2(C)C. The highest BCUT2D eigenvalue weighted by molar-refractivity contribution is 6.09. The highest BCUT2D eigenvalue weighted by Crippen LogP contribution is 2.57. The van der Waals surface area contributed by atoms with Gasteiger partial charge in [-0.15, -0.1) is 0 Å². The van der Waals surface area contributed by atoms with Crippen LogP contribution in [-0.2, 0) is 17.9 Å². The van der Waals surface area contributed by atoms with Crippen LogP contribution in [0.2, 0.25) is 0 Å². The van der Waals surface area contributed by atoms with E-state index in [1.165, 1.54) is 35.1 Å². The fourth-order valence-corrected chi connectivity index (χ4v) is 8.25. The topological polar surface area (TPSA) is 17.0 Å². The van der Waals surface area contributed by atoms with Crippen LogP contribution in [0.15, 0.2) is 95.5 Å². The van der Waals surface area contributed by atoms with E-state index >= 15 is 0 Å². The van der Waals surface area contributed by atoms with Crippen molar-refractivity contribution in [3.63, 3.8) is 0 Å². The number of fused-ring (bicyclic) bond motifs is 7. The molecule has 1 spiro atoms. The molecular formula is C40H38NO+. The second-order valence-corrected chi connectivity index (χ2v) is 13.0. The average Bonchev–Trinajstić information content (AvgIpc) is 3.66. The number of benzene rings is 4. The van der Waals surface area contributed by atoms with Gasteiger partial charge in [0.2, 0.25) is 5.69 Å². The zero-order chi connectivity index (χ0) is 31.3. The van der Waals surface area contributed by atoms with Crippen molar-refractivity contribution in [3.8, 4) is 22.4 Å². The highest BCUT2D eigenvalue weighted by Gasteiger charge is 2.48. The first-order valence-electron chi connectivity index (χ1n) is 16.7. The number of hydrogen-bond donors (Lipinski definition) is 0. The van der Waals surface area contributed by atoms with Gasteiger partial charge in [-0.1, -0.05) is 93.4 Å². The van der Waals surface area contributed by atoms with Crippen LogP contribution < -0.4 is 4.57 Å². The second kappa shape index (κ2) is 8.91. The summed E-state index contributed by atoms with van der Waals surface area (Å²) in [5.74, 6) is 0. The van der Waals surface area contributed by atoms with E-state index in [-0.39, 0.29) is 10.8 Å². The summed E-state index contributed by atoms with van der Waals surface area (Å²) in [5.41, 5.74) is 12.1. The summed E-state index contributed by atoms with van der Waals surface area (Å²) in [6.45, 7) is 4.48. The van der Waals surface area contributed by atoms with Crippen LogP contribution >= 0.6 is 0 Å². The molecule has 2 aliphatic rings. The molecule has 2 aromatic heterocycles. The number of para-hydroxylation sites is 1. The van der Waals surface area contributed by atoms with Gasteiger partial charge in [0.1, 0.15) is 18.2 Å². The molecule has 0 atom stereocenters. The van der Waals surface area contributed by atoms with Gasteiger partial charge < -0.3 is 4.42 Å². The van der Waals surface area contributed by atoms with Crippen molar-refractivity contribution < 1.29 is 13.1 Å². The number of furan rings is 1. The molecule has 0 amide bonds. The van der Waals surface area contributed by atoms with E-state index in [2.05, 4.69) is 87.5 Å². The van der Waals surface area contributed by atoms with E-state index in [0.29, 0.717) is 5.56 Å². The third-order valence-corrected chi connectivity index (χ3v) is 10.4. The standard InChI is InChI=1S/C40H38NO/c1-25-16-18-29-28-12-6-9-15-36(28)42-38(29)37(25)35-23-30(26(2)24-41(35)5)27-17-19-32-34(22-27)40(20-10-11-21-40)33-14-8-7-13-31(33)39(32,3)4/h6-9,12-19,22-24H,10-11,20-21H2,1-5H3/q+1/i2D3. The summed E-state index contributed by atoms with van der Waals surface area (Å²) in [4.78, 5) is 0. The number of nitrogens with zero attached hydrogens (tertiary/aromatic N) is 1. The molecular weight excluding hydrogens is 510 g/mol. The van der Waals surface area contributed by atoms with E-state index < -0.39 is 6.85 Å². The van der Waals surface area contributed by atoms with Gasteiger partial charge in [0.15, 0.2) is 6.20 Å². The Hall–Kier alpha value is -4.17. The van der Waals surface area contributed by atoms with Crippen LogP contribution in [0.25, 0.3) is 44.3 Å². The number of rotatable bonds is 2. The van der Waals surface area contributed by atoms with Crippen LogP contribution in [0.4, 0.5) is 0 Å². The Labute approximate surface area is 252 Å². The second-order valence-electron chi connectivity index (χ2n) is 13.0. The molecule has 0 aliphatic heterocycles. The smallest absolute Gasteiger partial charge is 0.216 e. The molecule has 2 heteroatoms. The van der Waals surface area contributed by atoms with E-state index in [1.807, 2.05) is 36.0 Å². The molecule has 2 aliphatic carbocycles. The van der Waals surface area contributed by atoms with Crippen LogP contribution in [-0.4, -0.2) is 0 Å². The monoisotopic (exact) mass is 551 g/mol. The fourth-order valence-electron chi connectivity index (χ4n) is 8.25. The number of pyridine rings is 1. The quantitative estimate of drug-likeness (QED) is 0.196. The molecule has 42 heavy (non-hydrogen) atoms. The summed E-state index contributed by atoms with van der Waals surface area (Å²) in [6, 6.07) is 30.2. The Morgan fingerprint density at radius 3 is 2.31 bits per heavy atom. The Balaban J connectivity index is 1.40. The fraction of sp³-hybridized carbons (Fsp3) is 0.275. The van der Waals surface area contributed by atoms with Gasteiger partial charge in [0, 0.05) is 37.3 Å². The van der Waals surface area contributed by atoms with Crippen molar-refractivity contribution in [2.75, 3.05) is 0 Å². The van der Waals surface area contributed by atoms with Crippen LogP contribution in [0.1, 0.15) is 77.0 Å². The van der Waals surface area contributed by atoms with Crippen molar-refractivity contribution in [2.45, 2.75) is 64.1 Å². The van der Waals surface area contributed by atoms with Crippen molar-refractivity contribution in [1.82, 2.24) is 0 Å². The first kappa shape index (κ1) is 22.4.